The molecule has 0 unspecified atom stereocenters. The first-order chi connectivity index (χ1) is 12.0. The summed E-state index contributed by atoms with van der Waals surface area (Å²) in [4.78, 5) is 22.3. The topological polar surface area (TPSA) is 117 Å². The number of nitro benzene ring substituents is 1. The Kier molecular flexibility index (Phi) is 6.05. The van der Waals surface area contributed by atoms with E-state index in [2.05, 4.69) is 15.8 Å². The van der Waals surface area contributed by atoms with Gasteiger partial charge in [0.15, 0.2) is 0 Å². The van der Waals surface area contributed by atoms with E-state index >= 15 is 0 Å². The largest absolute Gasteiger partial charge is 0.507 e. The van der Waals surface area contributed by atoms with Crippen molar-refractivity contribution < 1.29 is 14.8 Å². The fourth-order valence-electron chi connectivity index (χ4n) is 2.09. The van der Waals surface area contributed by atoms with Gasteiger partial charge in [-0.2, -0.15) is 5.10 Å². The van der Waals surface area contributed by atoms with Crippen molar-refractivity contribution in [3.05, 3.63) is 64.2 Å². The molecule has 0 heterocycles. The Bertz CT molecular complexity index is 777. The molecule has 130 valence electrons. The van der Waals surface area contributed by atoms with Crippen molar-refractivity contribution in [3.8, 4) is 5.75 Å². The monoisotopic (exact) mass is 342 g/mol. The smallest absolute Gasteiger partial charge is 0.270 e. The average Bonchev–Trinajstić information content (AvgIpc) is 2.61. The standard InChI is InChI=1S/C17H18N4O4/c1-2-15(19-13-6-4-3-5-7-13)17(23)20-18-11-12-10-14(21(24)25)8-9-16(12)22/h3-11,15,19,22H,2H2,1H3,(H,20,23)/b18-11-/t15-/m0/s1. The summed E-state index contributed by atoms with van der Waals surface area (Å²) in [6.45, 7) is 1.86. The summed E-state index contributed by atoms with van der Waals surface area (Å²) in [5.74, 6) is -0.523. The first kappa shape index (κ1) is 17.9. The summed E-state index contributed by atoms with van der Waals surface area (Å²) in [6.07, 6.45) is 1.70. The molecule has 25 heavy (non-hydrogen) atoms. The maximum absolute atomic E-state index is 12.2. The molecule has 0 aliphatic carbocycles. The number of carbonyl (C=O) groups excluding carboxylic acids is 1. The maximum Gasteiger partial charge on any atom is 0.270 e. The van der Waals surface area contributed by atoms with Gasteiger partial charge in [0.2, 0.25) is 0 Å². The molecule has 2 aromatic carbocycles. The van der Waals surface area contributed by atoms with E-state index in [0.29, 0.717) is 6.42 Å². The number of aromatic hydroxyl groups is 1. The van der Waals surface area contributed by atoms with Crippen LogP contribution in [-0.4, -0.2) is 28.2 Å². The highest BCUT2D eigenvalue weighted by atomic mass is 16.6. The number of nitro groups is 1. The predicted octanol–water partition coefficient (Wildman–Crippen LogP) is 2.64. The van der Waals surface area contributed by atoms with Crippen LogP contribution in [0.3, 0.4) is 0 Å². The first-order valence-electron chi connectivity index (χ1n) is 7.63. The van der Waals surface area contributed by atoms with Crippen LogP contribution in [0, 0.1) is 10.1 Å². The van der Waals surface area contributed by atoms with E-state index in [4.69, 9.17) is 0 Å². The van der Waals surface area contributed by atoms with Gasteiger partial charge in [-0.1, -0.05) is 25.1 Å². The maximum atomic E-state index is 12.2. The quantitative estimate of drug-likeness (QED) is 0.406. The van der Waals surface area contributed by atoms with Gasteiger partial charge in [-0.25, -0.2) is 5.43 Å². The van der Waals surface area contributed by atoms with Crippen molar-refractivity contribution in [2.24, 2.45) is 5.10 Å². The summed E-state index contributed by atoms with van der Waals surface area (Å²) >= 11 is 0. The molecular weight excluding hydrogens is 324 g/mol. The van der Waals surface area contributed by atoms with Gasteiger partial charge in [0.1, 0.15) is 11.8 Å². The predicted molar refractivity (Wildman–Crippen MR) is 94.6 cm³/mol. The highest BCUT2D eigenvalue weighted by Gasteiger charge is 2.15. The van der Waals surface area contributed by atoms with Gasteiger partial charge < -0.3 is 10.4 Å². The van der Waals surface area contributed by atoms with Gasteiger partial charge in [0.05, 0.1) is 11.1 Å². The van der Waals surface area contributed by atoms with E-state index in [1.165, 1.54) is 18.2 Å². The van der Waals surface area contributed by atoms with Crippen LogP contribution in [-0.2, 0) is 4.79 Å². The lowest BCUT2D eigenvalue weighted by molar-refractivity contribution is -0.384. The molecule has 0 fully saturated rings. The van der Waals surface area contributed by atoms with Crippen LogP contribution in [0.2, 0.25) is 0 Å². The molecule has 0 aliphatic rings. The Hall–Kier alpha value is -3.42. The average molecular weight is 342 g/mol. The Morgan fingerprint density at radius 1 is 1.32 bits per heavy atom. The van der Waals surface area contributed by atoms with Crippen LogP contribution in [0.4, 0.5) is 11.4 Å². The number of nitrogens with zero attached hydrogens (tertiary/aromatic N) is 2. The van der Waals surface area contributed by atoms with Crippen molar-refractivity contribution in [1.29, 1.82) is 0 Å². The molecule has 0 spiro atoms. The van der Waals surface area contributed by atoms with Gasteiger partial charge in [-0.05, 0) is 24.6 Å². The summed E-state index contributed by atoms with van der Waals surface area (Å²) in [5.41, 5.74) is 3.13. The molecule has 2 rings (SSSR count). The Morgan fingerprint density at radius 2 is 2.04 bits per heavy atom. The lowest BCUT2D eigenvalue weighted by Gasteiger charge is -2.16. The molecule has 8 heteroatoms. The van der Waals surface area contributed by atoms with Crippen LogP contribution in [0.5, 0.6) is 5.75 Å². The first-order valence-corrected chi connectivity index (χ1v) is 7.63. The zero-order chi connectivity index (χ0) is 18.2. The van der Waals surface area contributed by atoms with E-state index in [-0.39, 0.29) is 22.9 Å². The number of nitrogens with one attached hydrogen (secondary N) is 2. The van der Waals surface area contributed by atoms with Gasteiger partial charge in [0.25, 0.3) is 11.6 Å². The molecule has 0 saturated carbocycles. The number of benzene rings is 2. The molecule has 0 aromatic heterocycles. The van der Waals surface area contributed by atoms with Crippen LogP contribution in [0.1, 0.15) is 18.9 Å². The minimum Gasteiger partial charge on any atom is -0.507 e. The Balaban J connectivity index is 2.01. The molecule has 2 aromatic rings. The van der Waals surface area contributed by atoms with E-state index in [0.717, 1.165) is 11.9 Å². The molecule has 1 atom stereocenters. The summed E-state index contributed by atoms with van der Waals surface area (Å²) in [6, 6.07) is 12.4. The van der Waals surface area contributed by atoms with Crippen LogP contribution >= 0.6 is 0 Å². The molecule has 1 amide bonds. The molecule has 0 saturated heterocycles. The van der Waals surface area contributed by atoms with Crippen molar-refractivity contribution in [1.82, 2.24) is 5.43 Å². The highest BCUT2D eigenvalue weighted by Crippen LogP contribution is 2.21. The van der Waals surface area contributed by atoms with Crippen molar-refractivity contribution in [3.63, 3.8) is 0 Å². The zero-order valence-electron chi connectivity index (χ0n) is 13.5. The fraction of sp³-hybridized carbons (Fsp3) is 0.176. The third-order valence-corrected chi connectivity index (χ3v) is 3.44. The second-order valence-electron chi connectivity index (χ2n) is 5.21. The fourth-order valence-corrected chi connectivity index (χ4v) is 2.09. The number of para-hydroxylation sites is 1. The third kappa shape index (κ3) is 5.03. The van der Waals surface area contributed by atoms with Gasteiger partial charge >= 0.3 is 0 Å². The van der Waals surface area contributed by atoms with Gasteiger partial charge in [0, 0.05) is 23.4 Å². The lowest BCUT2D eigenvalue weighted by Crippen LogP contribution is -2.36. The second-order valence-corrected chi connectivity index (χ2v) is 5.21. The van der Waals surface area contributed by atoms with Crippen LogP contribution in [0.15, 0.2) is 53.6 Å². The highest BCUT2D eigenvalue weighted by molar-refractivity contribution is 5.88. The number of phenols is 1. The number of hydrogen-bond acceptors (Lipinski definition) is 6. The summed E-state index contributed by atoms with van der Waals surface area (Å²) in [5, 5.41) is 27.3. The number of phenolic OH excluding ortho intramolecular Hbond substituents is 1. The molecule has 0 bridgehead atoms. The zero-order valence-corrected chi connectivity index (χ0v) is 13.5. The number of hydrogen-bond donors (Lipinski definition) is 3. The number of hydrazone groups is 1. The molecule has 0 radical (unpaired) electrons. The number of rotatable bonds is 7. The van der Waals surface area contributed by atoms with Gasteiger partial charge in [-0.15, -0.1) is 0 Å². The Morgan fingerprint density at radius 3 is 2.68 bits per heavy atom. The number of carbonyl (C=O) groups is 1. The van der Waals surface area contributed by atoms with Crippen LogP contribution in [0.25, 0.3) is 0 Å². The number of anilines is 1. The minimum atomic E-state index is -0.577. The van der Waals surface area contributed by atoms with E-state index in [1.807, 2.05) is 37.3 Å². The molecular formula is C17H18N4O4. The third-order valence-electron chi connectivity index (χ3n) is 3.44. The SMILES string of the molecule is CC[C@H](Nc1ccccc1)C(=O)N/N=C\c1cc([N+](=O)[O-])ccc1O. The van der Waals surface area contributed by atoms with Crippen molar-refractivity contribution >= 4 is 23.5 Å². The van der Waals surface area contributed by atoms with Crippen molar-refractivity contribution in [2.75, 3.05) is 5.32 Å². The van der Waals surface area contributed by atoms with E-state index < -0.39 is 11.0 Å². The number of non-ortho nitro benzene ring substituents is 1. The molecule has 3 N–H and O–H groups in total. The Labute approximate surface area is 144 Å². The minimum absolute atomic E-state index is 0.138. The summed E-state index contributed by atoms with van der Waals surface area (Å²) < 4.78 is 0. The normalized spacial score (nSPS) is 11.9. The second kappa shape index (κ2) is 8.44. The van der Waals surface area contributed by atoms with Crippen molar-refractivity contribution in [2.45, 2.75) is 19.4 Å². The van der Waals surface area contributed by atoms with Crippen LogP contribution < -0.4 is 10.7 Å². The summed E-state index contributed by atoms with van der Waals surface area (Å²) in [7, 11) is 0. The van der Waals surface area contributed by atoms with Gasteiger partial charge in [-0.3, -0.25) is 14.9 Å². The van der Waals surface area contributed by atoms with E-state index in [1.54, 1.807) is 0 Å². The number of amides is 1. The lowest BCUT2D eigenvalue weighted by atomic mass is 10.2. The molecule has 0 aliphatic heterocycles. The van der Waals surface area contributed by atoms with E-state index in [9.17, 15) is 20.0 Å². The molecule has 8 nitrogen and oxygen atoms in total.